The van der Waals surface area contributed by atoms with Crippen LogP contribution in [0.4, 0.5) is 5.82 Å². The summed E-state index contributed by atoms with van der Waals surface area (Å²) >= 11 is 0. The van der Waals surface area contributed by atoms with Gasteiger partial charge in [0.15, 0.2) is 11.5 Å². The van der Waals surface area contributed by atoms with E-state index in [1.165, 1.54) is 0 Å². The quantitative estimate of drug-likeness (QED) is 0.354. The van der Waals surface area contributed by atoms with E-state index >= 15 is 0 Å². The Morgan fingerprint density at radius 3 is 2.32 bits per heavy atom. The number of nitrogens with zero attached hydrogens (tertiary/aromatic N) is 6. The molecule has 0 N–H and O–H groups in total. The van der Waals surface area contributed by atoms with Gasteiger partial charge in [-0.1, -0.05) is 17.7 Å². The van der Waals surface area contributed by atoms with Gasteiger partial charge in [-0.25, -0.2) is 23.1 Å². The van der Waals surface area contributed by atoms with Crippen LogP contribution in [-0.4, -0.2) is 72.9 Å². The lowest BCUT2D eigenvalue weighted by atomic mass is 10.2. The Bertz CT molecular complexity index is 1530. The molecule has 0 bridgehead atoms. The van der Waals surface area contributed by atoms with Crippen LogP contribution in [0.1, 0.15) is 23.5 Å². The van der Waals surface area contributed by atoms with Gasteiger partial charge in [-0.05, 0) is 56.7 Å². The number of aromatic nitrogens is 4. The van der Waals surface area contributed by atoms with Crippen LogP contribution >= 0.6 is 0 Å². The van der Waals surface area contributed by atoms with E-state index in [2.05, 4.69) is 4.90 Å². The predicted molar refractivity (Wildman–Crippen MR) is 145 cm³/mol. The summed E-state index contributed by atoms with van der Waals surface area (Å²) in [6, 6.07) is 14.6. The summed E-state index contributed by atoms with van der Waals surface area (Å²) in [4.78, 5) is 12.0. The third kappa shape index (κ3) is 4.96. The van der Waals surface area contributed by atoms with Crippen molar-refractivity contribution in [3.05, 3.63) is 65.6 Å². The summed E-state index contributed by atoms with van der Waals surface area (Å²) < 4.78 is 40.7. The lowest BCUT2D eigenvalue weighted by molar-refractivity contribution is 0.178. The number of hydrogen-bond acceptors (Lipinski definition) is 8. The van der Waals surface area contributed by atoms with Crippen molar-refractivity contribution < 1.29 is 17.9 Å². The summed E-state index contributed by atoms with van der Waals surface area (Å²) in [6.45, 7) is 6.16. The SMILES string of the molecule is COCc1nc(N2CCCN(S(=O)(=O)c3ccc(OC)cc3)CC2)c2c(C)nn(-c3ccc(C)cc3)c2n1. The van der Waals surface area contributed by atoms with E-state index < -0.39 is 10.0 Å². The molecule has 3 heterocycles. The molecule has 10 nitrogen and oxygen atoms in total. The second-order valence-corrected chi connectivity index (χ2v) is 11.3. The van der Waals surface area contributed by atoms with Gasteiger partial charge < -0.3 is 14.4 Å². The molecule has 0 radical (unpaired) electrons. The van der Waals surface area contributed by atoms with Crippen molar-refractivity contribution in [1.82, 2.24) is 24.1 Å². The zero-order valence-electron chi connectivity index (χ0n) is 22.1. The smallest absolute Gasteiger partial charge is 0.243 e. The van der Waals surface area contributed by atoms with Crippen LogP contribution in [-0.2, 0) is 21.4 Å². The Kier molecular flexibility index (Phi) is 7.33. The van der Waals surface area contributed by atoms with Gasteiger partial charge in [0.25, 0.3) is 0 Å². The maximum Gasteiger partial charge on any atom is 0.243 e. The monoisotopic (exact) mass is 536 g/mol. The normalized spacial score (nSPS) is 15.1. The third-order valence-corrected chi connectivity index (χ3v) is 8.65. The predicted octanol–water partition coefficient (Wildman–Crippen LogP) is 3.49. The fourth-order valence-electron chi connectivity index (χ4n) is 4.74. The van der Waals surface area contributed by atoms with Gasteiger partial charge in [-0.3, -0.25) is 0 Å². The highest BCUT2D eigenvalue weighted by atomic mass is 32.2. The second-order valence-electron chi connectivity index (χ2n) is 9.35. The lowest BCUT2D eigenvalue weighted by Gasteiger charge is -2.24. The van der Waals surface area contributed by atoms with Crippen LogP contribution in [0.2, 0.25) is 0 Å². The summed E-state index contributed by atoms with van der Waals surface area (Å²) in [6.07, 6.45) is 0.658. The molecule has 1 saturated heterocycles. The van der Waals surface area contributed by atoms with E-state index in [1.54, 1.807) is 42.8 Å². The van der Waals surface area contributed by atoms with Gasteiger partial charge in [0.2, 0.25) is 10.0 Å². The molecule has 11 heteroatoms. The Morgan fingerprint density at radius 2 is 1.63 bits per heavy atom. The Hall–Kier alpha value is -3.54. The molecule has 2 aromatic heterocycles. The van der Waals surface area contributed by atoms with Gasteiger partial charge in [0.1, 0.15) is 18.2 Å². The van der Waals surface area contributed by atoms with Gasteiger partial charge in [0, 0.05) is 33.3 Å². The summed E-state index contributed by atoms with van der Waals surface area (Å²) in [5.41, 5.74) is 3.59. The van der Waals surface area contributed by atoms with E-state index in [-0.39, 0.29) is 11.5 Å². The largest absolute Gasteiger partial charge is 0.497 e. The number of benzene rings is 2. The molecule has 0 aliphatic carbocycles. The lowest BCUT2D eigenvalue weighted by Crippen LogP contribution is -2.35. The van der Waals surface area contributed by atoms with Crippen molar-refractivity contribution >= 4 is 26.9 Å². The third-order valence-electron chi connectivity index (χ3n) is 6.73. The van der Waals surface area contributed by atoms with Crippen molar-refractivity contribution in [2.24, 2.45) is 0 Å². The highest BCUT2D eigenvalue weighted by molar-refractivity contribution is 7.89. The molecular weight excluding hydrogens is 504 g/mol. The van der Waals surface area contributed by atoms with Crippen LogP contribution in [0.25, 0.3) is 16.7 Å². The first-order valence-electron chi connectivity index (χ1n) is 12.5. The number of ether oxygens (including phenoxy) is 2. The average molecular weight is 537 g/mol. The first-order valence-corrected chi connectivity index (χ1v) is 14.0. The highest BCUT2D eigenvalue weighted by Crippen LogP contribution is 2.30. The Labute approximate surface area is 222 Å². The van der Waals surface area contributed by atoms with Crippen molar-refractivity contribution in [3.8, 4) is 11.4 Å². The van der Waals surface area contributed by atoms with Crippen molar-refractivity contribution in [1.29, 1.82) is 0 Å². The highest BCUT2D eigenvalue weighted by Gasteiger charge is 2.29. The molecule has 0 saturated carbocycles. The van der Waals surface area contributed by atoms with E-state index in [0.29, 0.717) is 49.8 Å². The first kappa shape index (κ1) is 26.1. The Balaban J connectivity index is 1.49. The number of fused-ring (bicyclic) bond motifs is 1. The number of anilines is 1. The van der Waals surface area contributed by atoms with Crippen LogP contribution in [0.5, 0.6) is 5.75 Å². The van der Waals surface area contributed by atoms with Crippen LogP contribution < -0.4 is 9.64 Å². The molecular formula is C27H32N6O4S. The molecule has 0 atom stereocenters. The molecule has 200 valence electrons. The molecule has 2 aromatic carbocycles. The molecule has 4 aromatic rings. The van der Waals surface area contributed by atoms with Gasteiger partial charge in [-0.15, -0.1) is 0 Å². The minimum absolute atomic E-state index is 0.257. The first-order chi connectivity index (χ1) is 18.3. The molecule has 0 spiro atoms. The second kappa shape index (κ2) is 10.7. The van der Waals surface area contributed by atoms with E-state index in [4.69, 9.17) is 24.5 Å². The van der Waals surface area contributed by atoms with Gasteiger partial charge in [0.05, 0.1) is 28.8 Å². The molecule has 1 fully saturated rings. The standard InChI is InChI=1S/C27H32N6O4S/c1-19-6-8-21(9-7-19)33-27-25(20(2)30-33)26(28-24(29-27)18-36-3)31-14-5-15-32(17-16-31)38(34,35)23-12-10-22(37-4)11-13-23/h6-13H,5,14-18H2,1-4H3. The molecule has 1 aliphatic rings. The average Bonchev–Trinajstić information content (AvgIpc) is 3.08. The van der Waals surface area contributed by atoms with E-state index in [9.17, 15) is 8.42 Å². The van der Waals surface area contributed by atoms with Crippen LogP contribution in [0, 0.1) is 13.8 Å². The fourth-order valence-corrected chi connectivity index (χ4v) is 6.21. The molecule has 38 heavy (non-hydrogen) atoms. The van der Waals surface area contributed by atoms with Gasteiger partial charge >= 0.3 is 0 Å². The summed E-state index contributed by atoms with van der Waals surface area (Å²) in [5, 5.41) is 5.67. The maximum absolute atomic E-state index is 13.4. The topological polar surface area (TPSA) is 103 Å². The molecule has 1 aliphatic heterocycles. The number of sulfonamides is 1. The summed E-state index contributed by atoms with van der Waals surface area (Å²) in [7, 11) is -0.466. The van der Waals surface area contributed by atoms with E-state index in [1.807, 2.05) is 42.8 Å². The number of rotatable bonds is 7. The van der Waals surface area contributed by atoms with Crippen molar-refractivity contribution in [2.45, 2.75) is 31.8 Å². The maximum atomic E-state index is 13.4. The van der Waals surface area contributed by atoms with Gasteiger partial charge in [-0.2, -0.15) is 9.40 Å². The molecule has 0 amide bonds. The zero-order valence-corrected chi connectivity index (χ0v) is 22.9. The minimum Gasteiger partial charge on any atom is -0.497 e. The molecule has 5 rings (SSSR count). The van der Waals surface area contributed by atoms with Crippen LogP contribution in [0.3, 0.4) is 0 Å². The fraction of sp³-hybridized carbons (Fsp3) is 0.370. The number of methoxy groups -OCH3 is 2. The van der Waals surface area contributed by atoms with E-state index in [0.717, 1.165) is 28.1 Å². The van der Waals surface area contributed by atoms with Crippen LogP contribution in [0.15, 0.2) is 53.4 Å². The number of hydrogen-bond donors (Lipinski definition) is 0. The van der Waals surface area contributed by atoms with Crippen molar-refractivity contribution in [2.75, 3.05) is 45.3 Å². The molecule has 0 unspecified atom stereocenters. The minimum atomic E-state index is -3.64. The number of aryl methyl sites for hydroxylation is 2. The Morgan fingerprint density at radius 1 is 0.895 bits per heavy atom. The van der Waals surface area contributed by atoms with Crippen molar-refractivity contribution in [3.63, 3.8) is 0 Å². The summed E-state index contributed by atoms with van der Waals surface area (Å²) in [5.74, 6) is 1.92. The zero-order chi connectivity index (χ0) is 26.9.